The van der Waals surface area contributed by atoms with Crippen molar-refractivity contribution in [1.82, 2.24) is 4.90 Å². The van der Waals surface area contributed by atoms with Crippen molar-refractivity contribution in [2.45, 2.75) is 19.1 Å². The number of carbonyl (C=O) groups excluding carboxylic acids is 3. The van der Waals surface area contributed by atoms with Gasteiger partial charge in [-0.05, 0) is 31.2 Å². The fourth-order valence-electron chi connectivity index (χ4n) is 2.95. The highest BCUT2D eigenvalue weighted by molar-refractivity contribution is 6.21. The molecule has 0 aromatic heterocycles. The van der Waals surface area contributed by atoms with E-state index in [2.05, 4.69) is 0 Å². The van der Waals surface area contributed by atoms with Crippen LogP contribution in [-0.2, 0) is 9.53 Å². The number of para-hydroxylation sites is 2. The maximum absolute atomic E-state index is 12.4. The molecule has 2 aliphatic heterocycles. The number of esters is 1. The number of amides is 2. The molecule has 26 heavy (non-hydrogen) atoms. The Bertz CT molecular complexity index is 873. The zero-order valence-electron chi connectivity index (χ0n) is 13.9. The highest BCUT2D eigenvalue weighted by Gasteiger charge is 2.39. The highest BCUT2D eigenvalue weighted by Crippen LogP contribution is 2.33. The Balaban J connectivity index is 1.44. The van der Waals surface area contributed by atoms with Crippen LogP contribution >= 0.6 is 0 Å². The lowest BCUT2D eigenvalue weighted by Gasteiger charge is -2.30. The number of imide groups is 1. The van der Waals surface area contributed by atoms with Crippen LogP contribution in [0, 0.1) is 0 Å². The summed E-state index contributed by atoms with van der Waals surface area (Å²) in [6.45, 7) is 1.21. The number of nitrogens with zero attached hydrogens (tertiary/aromatic N) is 1. The molecule has 0 radical (unpaired) electrons. The first-order valence-electron chi connectivity index (χ1n) is 8.10. The van der Waals surface area contributed by atoms with Crippen LogP contribution in [0.2, 0.25) is 0 Å². The number of ether oxygens (including phenoxy) is 3. The van der Waals surface area contributed by atoms with Crippen molar-refractivity contribution in [2.75, 3.05) is 6.73 Å². The Labute approximate surface area is 149 Å². The van der Waals surface area contributed by atoms with Gasteiger partial charge in [0.05, 0.1) is 11.1 Å². The van der Waals surface area contributed by atoms with Gasteiger partial charge in [0, 0.05) is 0 Å². The summed E-state index contributed by atoms with van der Waals surface area (Å²) in [5.74, 6) is -0.698. The van der Waals surface area contributed by atoms with Crippen LogP contribution in [0.15, 0.2) is 48.5 Å². The fraction of sp³-hybridized carbons (Fsp3) is 0.211. The first-order valence-corrected chi connectivity index (χ1v) is 8.10. The van der Waals surface area contributed by atoms with E-state index in [-0.39, 0.29) is 0 Å². The number of rotatable bonds is 3. The second-order valence-corrected chi connectivity index (χ2v) is 5.98. The van der Waals surface area contributed by atoms with Crippen molar-refractivity contribution in [2.24, 2.45) is 0 Å². The van der Waals surface area contributed by atoms with Gasteiger partial charge >= 0.3 is 5.97 Å². The third-order valence-corrected chi connectivity index (χ3v) is 4.29. The van der Waals surface area contributed by atoms with Gasteiger partial charge < -0.3 is 14.2 Å². The molecule has 0 fully saturated rings. The first kappa shape index (κ1) is 16.1. The van der Waals surface area contributed by atoms with Crippen molar-refractivity contribution < 1.29 is 28.6 Å². The number of hydrogen-bond acceptors (Lipinski definition) is 6. The normalized spacial score (nSPS) is 20.7. The van der Waals surface area contributed by atoms with Crippen LogP contribution in [0.4, 0.5) is 0 Å². The average Bonchev–Trinajstić information content (AvgIpc) is 2.90. The van der Waals surface area contributed by atoms with E-state index in [0.29, 0.717) is 22.6 Å². The van der Waals surface area contributed by atoms with Gasteiger partial charge in [-0.25, -0.2) is 9.69 Å². The topological polar surface area (TPSA) is 82.1 Å². The third-order valence-electron chi connectivity index (χ3n) is 4.29. The molecule has 7 nitrogen and oxygen atoms in total. The molecule has 2 aromatic rings. The number of hydrogen-bond donors (Lipinski definition) is 0. The molecule has 2 aromatic carbocycles. The summed E-state index contributed by atoms with van der Waals surface area (Å²) in [7, 11) is 0. The lowest BCUT2D eigenvalue weighted by molar-refractivity contribution is -0.160. The van der Waals surface area contributed by atoms with Crippen molar-refractivity contribution in [3.63, 3.8) is 0 Å². The van der Waals surface area contributed by atoms with Gasteiger partial charge in [-0.1, -0.05) is 24.3 Å². The Morgan fingerprint density at radius 3 is 2.12 bits per heavy atom. The largest absolute Gasteiger partial charge is 0.482 e. The SMILES string of the molecule is CC1Oc2ccccc2OC1C(=O)OCN1C(=O)c2ccccc2C1=O. The lowest BCUT2D eigenvalue weighted by atomic mass is 10.1. The molecule has 2 atom stereocenters. The summed E-state index contributed by atoms with van der Waals surface area (Å²) in [5.41, 5.74) is 0.598. The maximum Gasteiger partial charge on any atom is 0.353 e. The van der Waals surface area contributed by atoms with Gasteiger partial charge in [-0.15, -0.1) is 0 Å². The van der Waals surface area contributed by atoms with Gasteiger partial charge in [0.15, 0.2) is 18.2 Å². The van der Waals surface area contributed by atoms with Crippen LogP contribution in [0.25, 0.3) is 0 Å². The maximum atomic E-state index is 12.4. The Morgan fingerprint density at radius 2 is 1.50 bits per heavy atom. The first-order chi connectivity index (χ1) is 12.6. The molecule has 0 saturated heterocycles. The van der Waals surface area contributed by atoms with Crippen LogP contribution in [-0.4, -0.2) is 41.6 Å². The van der Waals surface area contributed by atoms with Gasteiger partial charge in [0.2, 0.25) is 6.10 Å². The van der Waals surface area contributed by atoms with E-state index in [1.54, 1.807) is 55.5 Å². The fourth-order valence-corrected chi connectivity index (χ4v) is 2.95. The molecular formula is C19H15NO6. The van der Waals surface area contributed by atoms with E-state index in [1.165, 1.54) is 0 Å². The summed E-state index contributed by atoms with van der Waals surface area (Å²) >= 11 is 0. The lowest BCUT2D eigenvalue weighted by Crippen LogP contribution is -2.46. The second kappa shape index (κ2) is 6.18. The van der Waals surface area contributed by atoms with E-state index in [4.69, 9.17) is 14.2 Å². The summed E-state index contributed by atoms with van der Waals surface area (Å²) in [6.07, 6.45) is -1.56. The van der Waals surface area contributed by atoms with Gasteiger partial charge in [-0.2, -0.15) is 0 Å². The van der Waals surface area contributed by atoms with Crippen molar-refractivity contribution in [1.29, 1.82) is 0 Å². The molecule has 2 amide bonds. The summed E-state index contributed by atoms with van der Waals surface area (Å²) in [6, 6.07) is 13.5. The molecule has 4 rings (SSSR count). The summed E-state index contributed by atoms with van der Waals surface area (Å²) in [4.78, 5) is 37.8. The van der Waals surface area contributed by atoms with Crippen LogP contribution in [0.5, 0.6) is 11.5 Å². The van der Waals surface area contributed by atoms with Crippen molar-refractivity contribution >= 4 is 17.8 Å². The Morgan fingerprint density at radius 1 is 0.962 bits per heavy atom. The molecule has 0 bridgehead atoms. The van der Waals surface area contributed by atoms with Crippen LogP contribution in [0.3, 0.4) is 0 Å². The monoisotopic (exact) mass is 353 g/mol. The number of carbonyl (C=O) groups is 3. The van der Waals surface area contributed by atoms with Crippen LogP contribution < -0.4 is 9.47 Å². The molecule has 0 N–H and O–H groups in total. The zero-order chi connectivity index (χ0) is 18.3. The van der Waals surface area contributed by atoms with Gasteiger partial charge in [0.1, 0.15) is 6.10 Å². The molecule has 7 heteroatoms. The predicted molar refractivity (Wildman–Crippen MR) is 88.8 cm³/mol. The van der Waals surface area contributed by atoms with Crippen LogP contribution in [0.1, 0.15) is 27.6 Å². The average molecular weight is 353 g/mol. The minimum absolute atomic E-state index is 0.299. The third kappa shape index (κ3) is 2.57. The van der Waals surface area contributed by atoms with E-state index in [1.807, 2.05) is 0 Å². The molecular weight excluding hydrogens is 338 g/mol. The second-order valence-electron chi connectivity index (χ2n) is 5.98. The zero-order valence-corrected chi connectivity index (χ0v) is 13.9. The van der Waals surface area contributed by atoms with E-state index in [9.17, 15) is 14.4 Å². The van der Waals surface area contributed by atoms with Crippen molar-refractivity contribution in [3.8, 4) is 11.5 Å². The molecule has 2 aliphatic rings. The molecule has 0 saturated carbocycles. The standard InChI is InChI=1S/C19H15NO6/c1-11-16(26-15-9-5-4-8-14(15)25-11)19(23)24-10-20-17(21)12-6-2-3-7-13(12)18(20)22/h2-9,11,16H,10H2,1H3. The highest BCUT2D eigenvalue weighted by atomic mass is 16.6. The Kier molecular flexibility index (Phi) is 3.84. The predicted octanol–water partition coefficient (Wildman–Crippen LogP) is 2.01. The molecule has 0 aliphatic carbocycles. The molecule has 0 spiro atoms. The molecule has 2 heterocycles. The minimum Gasteiger partial charge on any atom is -0.482 e. The van der Waals surface area contributed by atoms with E-state index in [0.717, 1.165) is 4.90 Å². The Hall–Kier alpha value is -3.35. The minimum atomic E-state index is -0.986. The van der Waals surface area contributed by atoms with Gasteiger partial charge in [-0.3, -0.25) is 9.59 Å². The molecule has 132 valence electrons. The summed E-state index contributed by atoms with van der Waals surface area (Å²) < 4.78 is 16.5. The smallest absolute Gasteiger partial charge is 0.353 e. The van der Waals surface area contributed by atoms with Crippen molar-refractivity contribution in [3.05, 3.63) is 59.7 Å². The summed E-state index contributed by atoms with van der Waals surface area (Å²) in [5, 5.41) is 0. The van der Waals surface area contributed by atoms with E-state index < -0.39 is 36.7 Å². The van der Waals surface area contributed by atoms with E-state index >= 15 is 0 Å². The van der Waals surface area contributed by atoms with Gasteiger partial charge in [0.25, 0.3) is 11.8 Å². The quantitative estimate of drug-likeness (QED) is 0.620. The number of fused-ring (bicyclic) bond motifs is 2. The molecule has 2 unspecified atom stereocenters. The number of benzene rings is 2.